The van der Waals surface area contributed by atoms with Gasteiger partial charge in [0, 0.05) is 49.4 Å². The van der Waals surface area contributed by atoms with Gasteiger partial charge in [-0.05, 0) is 96.4 Å². The maximum atomic E-state index is 16.1. The number of nitrogens with zero attached hydrogens (tertiary/aromatic N) is 4. The number of rotatable bonds is 12. The van der Waals surface area contributed by atoms with Crippen LogP contribution in [0, 0.1) is 5.92 Å². The topological polar surface area (TPSA) is 216 Å². The highest BCUT2D eigenvalue weighted by Gasteiger charge is 2.66. The van der Waals surface area contributed by atoms with Gasteiger partial charge in [-0.1, -0.05) is 19.1 Å². The second kappa shape index (κ2) is 19.8. The molecule has 1 aromatic carbocycles. The third-order valence-electron chi connectivity index (χ3n) is 13.5. The van der Waals surface area contributed by atoms with Gasteiger partial charge in [0.25, 0.3) is 5.91 Å². The van der Waals surface area contributed by atoms with Crippen molar-refractivity contribution in [3.05, 3.63) is 60.3 Å². The van der Waals surface area contributed by atoms with Crippen LogP contribution in [0.25, 0.3) is 21.8 Å². The zero-order valence-corrected chi connectivity index (χ0v) is 40.3. The van der Waals surface area contributed by atoms with Crippen molar-refractivity contribution in [1.82, 2.24) is 29.8 Å². The largest absolute Gasteiger partial charge is 0.491 e. The molecule has 2 saturated heterocycles. The Morgan fingerprint density at radius 1 is 1.10 bits per heavy atom. The molecule has 3 aliphatic heterocycles. The third-order valence-corrected chi connectivity index (χ3v) is 16.5. The van der Waals surface area contributed by atoms with Crippen LogP contribution < -0.4 is 19.5 Å². The molecule has 8 atom stereocenters. The number of aromatic nitrogens is 2. The maximum absolute atomic E-state index is 16.1. The Kier molecular flexibility index (Phi) is 14.4. The van der Waals surface area contributed by atoms with E-state index in [9.17, 15) is 27.9 Å². The van der Waals surface area contributed by atoms with Crippen molar-refractivity contribution in [3.63, 3.8) is 0 Å². The van der Waals surface area contributed by atoms with Crippen molar-refractivity contribution in [2.24, 2.45) is 5.92 Å². The summed E-state index contributed by atoms with van der Waals surface area (Å²) in [6.45, 7) is 6.99. The molecule has 3 aromatic rings. The monoisotopic (exact) mass is 1000 g/mol. The number of allylic oxidation sites excluding steroid dienone is 1. The van der Waals surface area contributed by atoms with Gasteiger partial charge in [-0.2, -0.15) is 13.2 Å². The number of carbonyl (C=O) groups excluding carboxylic acids is 3. The molecule has 22 heteroatoms. The zero-order chi connectivity index (χ0) is 49.5. The van der Waals surface area contributed by atoms with E-state index >= 15 is 18.0 Å². The molecule has 0 spiro atoms. The molecule has 0 bridgehead atoms. The molecule has 17 nitrogen and oxygen atoms in total. The Bertz CT molecular complexity index is 2520. The number of thiazole rings is 1. The molecule has 2 aliphatic carbocycles. The number of pyridine rings is 1. The molecular formula is C47H57F3N6O11S2. The number of hydrogen-bond donors (Lipinski definition) is 3. The molecule has 8 rings (SSSR count). The van der Waals surface area contributed by atoms with Crippen molar-refractivity contribution in [1.29, 1.82) is 0 Å². The van der Waals surface area contributed by atoms with Gasteiger partial charge in [-0.15, -0.1) is 11.3 Å². The maximum Gasteiger partial charge on any atom is 0.412 e. The Hall–Kier alpha value is -5.32. The van der Waals surface area contributed by atoms with E-state index in [0.29, 0.717) is 71.2 Å². The molecule has 4 amide bonds. The summed E-state index contributed by atoms with van der Waals surface area (Å²) in [5, 5.41) is 13.5. The van der Waals surface area contributed by atoms with E-state index in [4.69, 9.17) is 23.9 Å². The van der Waals surface area contributed by atoms with Gasteiger partial charge < -0.3 is 34.3 Å². The number of hydrogen-bond acceptors (Lipinski definition) is 13. The van der Waals surface area contributed by atoms with Gasteiger partial charge in [-0.25, -0.2) is 18.2 Å². The van der Waals surface area contributed by atoms with Gasteiger partial charge in [0.15, 0.2) is 6.04 Å². The van der Waals surface area contributed by atoms with Gasteiger partial charge in [0.05, 0.1) is 51.4 Å². The van der Waals surface area contributed by atoms with Crippen LogP contribution in [0.5, 0.6) is 11.5 Å². The SMILES string of the molecule is CC[C@@H]1OCCC/C=C\[C@@H]2C[C@@]2(C(=O)NS(=O)(=O)C2(C)CC2)NC(=O)[C@@H]2C[C@@H](Oc3cc(-c4ccc(OC(C)C)cc4)nc(-c4cncs4)c3)C(C(F)(F)F)N2C(=O)[C@H]1N(C(=O)O)C1CCCOC1. The molecule has 374 valence electrons. The zero-order valence-electron chi connectivity index (χ0n) is 38.6. The lowest BCUT2D eigenvalue weighted by molar-refractivity contribution is -0.201. The van der Waals surface area contributed by atoms with Crippen LogP contribution in [0.1, 0.15) is 85.5 Å². The standard InChI is InChI=1S/C47H57F3N6O11S2/c1-5-36-39(55(44(60)61)30-11-9-18-64-25-30)42(58)56-35(41(57)53-46(23-29(46)10-7-6-8-19-65-36)43(59)54-69(62,63)45(4)16-17-45)22-37(40(56)47(48,49)50)67-32-20-33(52-34(21-32)38-24-51-26-68-38)28-12-14-31(15-13-28)66-27(2)3/h7,10,12-15,20-21,24,26-27,29-30,35-37,39-40H,5-6,8-9,11,16-19,22-23,25H2,1-4H3,(H,53,57)(H,54,59)(H,60,61)/b10-7-/t29-,30?,35+,36+,37-,39+,40?,46-/m1/s1. The average Bonchev–Trinajstić information content (AvgIpc) is 4.06. The summed E-state index contributed by atoms with van der Waals surface area (Å²) < 4.78 is 100. The minimum atomic E-state index is -5.30. The molecule has 5 aliphatic rings. The van der Waals surface area contributed by atoms with E-state index in [1.165, 1.54) is 36.6 Å². The molecular weight excluding hydrogens is 946 g/mol. The lowest BCUT2D eigenvalue weighted by atomic mass is 9.99. The first-order valence-corrected chi connectivity index (χ1v) is 25.6. The lowest BCUT2D eigenvalue weighted by Gasteiger charge is -2.43. The highest BCUT2D eigenvalue weighted by molar-refractivity contribution is 7.91. The predicted molar refractivity (Wildman–Crippen MR) is 246 cm³/mol. The molecule has 0 radical (unpaired) electrons. The van der Waals surface area contributed by atoms with E-state index < -0.39 is 99.0 Å². The molecule has 4 fully saturated rings. The second-order valence-electron chi connectivity index (χ2n) is 18.8. The van der Waals surface area contributed by atoms with Crippen molar-refractivity contribution in [3.8, 4) is 33.3 Å². The van der Waals surface area contributed by atoms with Gasteiger partial charge in [-0.3, -0.25) is 29.0 Å². The number of halogens is 3. The van der Waals surface area contributed by atoms with E-state index in [-0.39, 0.29) is 44.3 Å². The van der Waals surface area contributed by atoms with E-state index in [2.05, 4.69) is 15.0 Å². The van der Waals surface area contributed by atoms with E-state index in [1.807, 2.05) is 13.8 Å². The first-order valence-electron chi connectivity index (χ1n) is 23.2. The summed E-state index contributed by atoms with van der Waals surface area (Å²) in [4.78, 5) is 68.7. The fourth-order valence-electron chi connectivity index (χ4n) is 9.43. The third kappa shape index (κ3) is 10.6. The summed E-state index contributed by atoms with van der Waals surface area (Å²) in [5.74, 6) is -3.91. The number of sulfonamides is 1. The normalized spacial score (nSPS) is 28.8. The number of fused-ring (bicyclic) bond motifs is 2. The Balaban J connectivity index is 1.24. The van der Waals surface area contributed by atoms with Crippen LogP contribution in [-0.4, -0.2) is 136 Å². The van der Waals surface area contributed by atoms with Crippen LogP contribution in [0.3, 0.4) is 0 Å². The van der Waals surface area contributed by atoms with Crippen molar-refractivity contribution in [2.75, 3.05) is 19.8 Å². The fourth-order valence-corrected chi connectivity index (χ4v) is 11.3. The van der Waals surface area contributed by atoms with Crippen molar-refractivity contribution in [2.45, 2.75) is 144 Å². The molecule has 3 N–H and O–H groups in total. The average molecular weight is 1000 g/mol. The van der Waals surface area contributed by atoms with Crippen molar-refractivity contribution >= 4 is 45.2 Å². The van der Waals surface area contributed by atoms with Gasteiger partial charge >= 0.3 is 12.3 Å². The quantitative estimate of drug-likeness (QED) is 0.166. The van der Waals surface area contributed by atoms with Gasteiger partial charge in [0.2, 0.25) is 21.8 Å². The fraction of sp³-hybridized carbons (Fsp3) is 0.574. The Morgan fingerprint density at radius 3 is 2.46 bits per heavy atom. The Labute approximate surface area is 402 Å². The van der Waals surface area contributed by atoms with Crippen LogP contribution in [0.15, 0.2) is 60.3 Å². The Morgan fingerprint density at radius 2 is 1.84 bits per heavy atom. The molecule has 2 unspecified atom stereocenters. The summed E-state index contributed by atoms with van der Waals surface area (Å²) in [6.07, 6.45) is -4.31. The molecule has 2 aromatic heterocycles. The first-order chi connectivity index (χ1) is 32.7. The summed E-state index contributed by atoms with van der Waals surface area (Å²) in [5.41, 5.74) is 0.825. The minimum absolute atomic E-state index is 0.00557. The van der Waals surface area contributed by atoms with Crippen LogP contribution in [-0.2, 0) is 33.9 Å². The number of alkyl halides is 3. The summed E-state index contributed by atoms with van der Waals surface area (Å²) in [7, 11) is -4.23. The molecule has 69 heavy (non-hydrogen) atoms. The van der Waals surface area contributed by atoms with Crippen molar-refractivity contribution < 1.29 is 64.8 Å². The van der Waals surface area contributed by atoms with E-state index in [1.54, 1.807) is 48.9 Å². The first kappa shape index (κ1) is 50.1. The number of carboxylic acid groups (broad SMARTS) is 1. The number of amides is 4. The predicted octanol–water partition coefficient (Wildman–Crippen LogP) is 6.48. The number of nitrogens with one attached hydrogen (secondary N) is 2. The smallest absolute Gasteiger partial charge is 0.412 e. The van der Waals surface area contributed by atoms with Crippen LogP contribution in [0.2, 0.25) is 0 Å². The minimum Gasteiger partial charge on any atom is -0.491 e. The van der Waals surface area contributed by atoms with E-state index in [0.717, 1.165) is 4.90 Å². The highest BCUT2D eigenvalue weighted by atomic mass is 32.2. The number of benzene rings is 1. The van der Waals surface area contributed by atoms with Gasteiger partial charge in [0.1, 0.15) is 35.2 Å². The highest BCUT2D eigenvalue weighted by Crippen LogP contribution is 2.48. The second-order valence-corrected chi connectivity index (χ2v) is 21.9. The number of carbonyl (C=O) groups is 4. The lowest BCUT2D eigenvalue weighted by Crippen LogP contribution is -2.66. The summed E-state index contributed by atoms with van der Waals surface area (Å²) in [6, 6.07) is 2.03. The van der Waals surface area contributed by atoms with Crippen LogP contribution >= 0.6 is 11.3 Å². The molecule has 2 saturated carbocycles. The number of ether oxygens (including phenoxy) is 4. The van der Waals surface area contributed by atoms with Crippen LogP contribution in [0.4, 0.5) is 18.0 Å². The summed E-state index contributed by atoms with van der Waals surface area (Å²) >= 11 is 1.23. The molecule has 5 heterocycles.